The summed E-state index contributed by atoms with van der Waals surface area (Å²) in [7, 11) is 0. The third-order valence-corrected chi connectivity index (χ3v) is 4.46. The molecule has 1 aromatic carbocycles. The lowest BCUT2D eigenvalue weighted by molar-refractivity contribution is -0.138. The predicted molar refractivity (Wildman–Crippen MR) is 100 cm³/mol. The molecular weight excluding hydrogens is 373 g/mol. The van der Waals surface area contributed by atoms with Crippen LogP contribution < -0.4 is 16.4 Å². The molecule has 28 heavy (non-hydrogen) atoms. The van der Waals surface area contributed by atoms with Gasteiger partial charge in [0.05, 0.1) is 11.9 Å². The van der Waals surface area contributed by atoms with Gasteiger partial charge in [0.15, 0.2) is 0 Å². The van der Waals surface area contributed by atoms with Crippen molar-refractivity contribution in [2.45, 2.75) is 38.5 Å². The normalized spacial score (nSPS) is 12.9. The first kappa shape index (κ1) is 19.7. The topological polar surface area (TPSA) is 79.8 Å². The summed E-state index contributed by atoms with van der Waals surface area (Å²) in [6.07, 6.45) is -1.04. The molecule has 1 atom stereocenters. The molecule has 0 radical (unpaired) electrons. The summed E-state index contributed by atoms with van der Waals surface area (Å²) in [4.78, 5) is 24.0. The maximum absolute atomic E-state index is 13.1. The number of hydrogen-bond acceptors (Lipinski definition) is 4. The molecule has 148 valence electrons. The Labute approximate surface area is 158 Å². The Morgan fingerprint density at radius 2 is 1.96 bits per heavy atom. The first-order chi connectivity index (χ1) is 13.3. The van der Waals surface area contributed by atoms with E-state index < -0.39 is 17.3 Å². The molecule has 0 aliphatic rings. The van der Waals surface area contributed by atoms with Gasteiger partial charge in [-0.1, -0.05) is 18.2 Å². The van der Waals surface area contributed by atoms with E-state index in [1.807, 2.05) is 18.2 Å². The molecular formula is C19H19F3N4O2. The highest BCUT2D eigenvalue weighted by Gasteiger charge is 2.37. The van der Waals surface area contributed by atoms with Gasteiger partial charge in [0.2, 0.25) is 0 Å². The first-order valence-electron chi connectivity index (χ1n) is 8.77. The number of aromatic nitrogens is 3. The van der Waals surface area contributed by atoms with Crippen molar-refractivity contribution < 1.29 is 13.2 Å². The summed E-state index contributed by atoms with van der Waals surface area (Å²) in [5.41, 5.74) is -3.03. The fourth-order valence-electron chi connectivity index (χ4n) is 3.10. The third kappa shape index (κ3) is 4.24. The van der Waals surface area contributed by atoms with Crippen LogP contribution in [0, 0.1) is 0 Å². The standard InChI is InChI=1S/C19H19F3N4O2/c1-12(24-15-11-23-25-17(27)16(15)19(20,21)22)5-4-9-26-10-8-13-6-2-3-7-14(13)18(26)28/h2-3,6-8,10-12H,4-5,9H2,1H3,(H2,24,25,27). The lowest BCUT2D eigenvalue weighted by Gasteiger charge is -2.18. The molecule has 6 nitrogen and oxygen atoms in total. The lowest BCUT2D eigenvalue weighted by atomic mass is 10.1. The summed E-state index contributed by atoms with van der Waals surface area (Å²) in [5.74, 6) is 0. The van der Waals surface area contributed by atoms with Gasteiger partial charge >= 0.3 is 6.18 Å². The molecule has 0 aliphatic carbocycles. The molecule has 2 aromatic heterocycles. The van der Waals surface area contributed by atoms with E-state index >= 15 is 0 Å². The van der Waals surface area contributed by atoms with E-state index in [-0.39, 0.29) is 17.3 Å². The van der Waals surface area contributed by atoms with Crippen molar-refractivity contribution >= 4 is 16.5 Å². The van der Waals surface area contributed by atoms with Crippen LogP contribution >= 0.6 is 0 Å². The number of rotatable bonds is 6. The number of nitrogens with zero attached hydrogens (tertiary/aromatic N) is 2. The maximum atomic E-state index is 13.1. The van der Waals surface area contributed by atoms with Crippen molar-refractivity contribution in [2.75, 3.05) is 5.32 Å². The summed E-state index contributed by atoms with van der Waals surface area (Å²) < 4.78 is 40.8. The Kier molecular flexibility index (Phi) is 5.53. The Bertz CT molecular complexity index is 1090. The van der Waals surface area contributed by atoms with Gasteiger partial charge in [-0.05, 0) is 37.3 Å². The van der Waals surface area contributed by atoms with Gasteiger partial charge in [0, 0.05) is 24.2 Å². The molecule has 0 aliphatic heterocycles. The number of alkyl halides is 3. The highest BCUT2D eigenvalue weighted by molar-refractivity contribution is 5.81. The van der Waals surface area contributed by atoms with Gasteiger partial charge in [0.1, 0.15) is 5.56 Å². The number of fused-ring (bicyclic) bond motifs is 1. The first-order valence-corrected chi connectivity index (χ1v) is 8.77. The minimum absolute atomic E-state index is 0.100. The largest absolute Gasteiger partial charge is 0.423 e. The molecule has 3 aromatic rings. The fourth-order valence-corrected chi connectivity index (χ4v) is 3.10. The van der Waals surface area contributed by atoms with Gasteiger partial charge in [0.25, 0.3) is 11.1 Å². The van der Waals surface area contributed by atoms with Crippen LogP contribution in [0.1, 0.15) is 25.3 Å². The molecule has 9 heteroatoms. The Hall–Kier alpha value is -3.10. The smallest absolute Gasteiger partial charge is 0.381 e. The number of anilines is 1. The molecule has 2 N–H and O–H groups in total. The molecule has 0 saturated heterocycles. The van der Waals surface area contributed by atoms with Crippen LogP contribution in [0.5, 0.6) is 0 Å². The van der Waals surface area contributed by atoms with E-state index in [9.17, 15) is 22.8 Å². The van der Waals surface area contributed by atoms with Crippen molar-refractivity contribution in [1.82, 2.24) is 14.8 Å². The third-order valence-electron chi connectivity index (χ3n) is 4.46. The zero-order chi connectivity index (χ0) is 20.3. The molecule has 0 bridgehead atoms. The highest BCUT2D eigenvalue weighted by Crippen LogP contribution is 2.31. The number of nitrogens with one attached hydrogen (secondary N) is 2. The van der Waals surface area contributed by atoms with E-state index in [2.05, 4.69) is 10.4 Å². The lowest BCUT2D eigenvalue weighted by Crippen LogP contribution is -2.27. The van der Waals surface area contributed by atoms with Gasteiger partial charge in [-0.15, -0.1) is 0 Å². The number of hydrogen-bond donors (Lipinski definition) is 2. The van der Waals surface area contributed by atoms with E-state index in [1.54, 1.807) is 34.9 Å². The van der Waals surface area contributed by atoms with Crippen molar-refractivity contribution in [3.8, 4) is 0 Å². The zero-order valence-electron chi connectivity index (χ0n) is 15.1. The number of benzene rings is 1. The van der Waals surface area contributed by atoms with E-state index in [1.165, 1.54) is 0 Å². The van der Waals surface area contributed by atoms with Gasteiger partial charge in [-0.3, -0.25) is 9.59 Å². The average molecular weight is 392 g/mol. The number of pyridine rings is 1. The predicted octanol–water partition coefficient (Wildman–Crippen LogP) is 3.38. The van der Waals surface area contributed by atoms with E-state index in [0.29, 0.717) is 24.8 Å². The van der Waals surface area contributed by atoms with Crippen molar-refractivity contribution in [3.63, 3.8) is 0 Å². The summed E-state index contributed by atoms with van der Waals surface area (Å²) in [6.45, 7) is 2.15. The summed E-state index contributed by atoms with van der Waals surface area (Å²) >= 11 is 0. The molecule has 0 fully saturated rings. The Morgan fingerprint density at radius 1 is 1.21 bits per heavy atom. The number of H-pyrrole nitrogens is 1. The van der Waals surface area contributed by atoms with Crippen LogP contribution in [-0.4, -0.2) is 20.8 Å². The van der Waals surface area contributed by atoms with Crippen LogP contribution in [0.25, 0.3) is 10.8 Å². The molecule has 2 heterocycles. The molecule has 0 amide bonds. The Balaban J connectivity index is 1.66. The van der Waals surface area contributed by atoms with Crippen molar-refractivity contribution in [1.29, 1.82) is 0 Å². The van der Waals surface area contributed by atoms with E-state index in [4.69, 9.17) is 0 Å². The maximum Gasteiger partial charge on any atom is 0.423 e. The van der Waals surface area contributed by atoms with Crippen LogP contribution in [0.4, 0.5) is 18.9 Å². The number of aryl methyl sites for hydroxylation is 1. The monoisotopic (exact) mass is 392 g/mol. The molecule has 0 saturated carbocycles. The van der Waals surface area contributed by atoms with E-state index in [0.717, 1.165) is 11.6 Å². The second-order valence-electron chi connectivity index (χ2n) is 6.57. The number of halogens is 3. The van der Waals surface area contributed by atoms with Crippen LogP contribution in [0.3, 0.4) is 0 Å². The SMILES string of the molecule is CC(CCCn1ccc2ccccc2c1=O)Nc1cn[nH]c(=O)c1C(F)(F)F. The second kappa shape index (κ2) is 7.87. The molecule has 3 rings (SSSR count). The van der Waals surface area contributed by atoms with Crippen LogP contribution in [-0.2, 0) is 12.7 Å². The van der Waals surface area contributed by atoms with Gasteiger partial charge < -0.3 is 9.88 Å². The van der Waals surface area contributed by atoms with Gasteiger partial charge in [-0.2, -0.15) is 18.3 Å². The van der Waals surface area contributed by atoms with Crippen molar-refractivity contribution in [3.05, 3.63) is 69.0 Å². The molecule has 0 spiro atoms. The number of aromatic amines is 1. The quantitative estimate of drug-likeness (QED) is 0.674. The summed E-state index contributed by atoms with van der Waals surface area (Å²) in [5, 5.41) is 9.42. The van der Waals surface area contributed by atoms with Gasteiger partial charge in [-0.25, -0.2) is 5.10 Å². The summed E-state index contributed by atoms with van der Waals surface area (Å²) in [6, 6.07) is 8.79. The minimum atomic E-state index is -4.78. The van der Waals surface area contributed by atoms with Crippen molar-refractivity contribution in [2.24, 2.45) is 0 Å². The second-order valence-corrected chi connectivity index (χ2v) is 6.57. The minimum Gasteiger partial charge on any atom is -0.381 e. The van der Waals surface area contributed by atoms with Crippen LogP contribution in [0.2, 0.25) is 0 Å². The average Bonchev–Trinajstić information content (AvgIpc) is 2.63. The molecule has 1 unspecified atom stereocenters. The van der Waals surface area contributed by atoms with Crippen LogP contribution in [0.15, 0.2) is 52.3 Å². The highest BCUT2D eigenvalue weighted by atomic mass is 19.4. The fraction of sp³-hybridized carbons (Fsp3) is 0.316. The Morgan fingerprint density at radius 3 is 2.71 bits per heavy atom. The zero-order valence-corrected chi connectivity index (χ0v) is 15.1.